The van der Waals surface area contributed by atoms with Gasteiger partial charge in [0.2, 0.25) is 0 Å². The van der Waals surface area contributed by atoms with Crippen molar-refractivity contribution < 1.29 is 21.7 Å². The number of pyridine rings is 1. The first-order valence-corrected chi connectivity index (χ1v) is 6.74. The Bertz CT molecular complexity index is 417. The molecular formula is C11H20NO4S+. The topological polar surface area (TPSA) is 67.5 Å². The van der Waals surface area contributed by atoms with Crippen LogP contribution in [-0.4, -0.2) is 20.1 Å². The normalized spacial score (nSPS) is 10.6. The van der Waals surface area contributed by atoms with Crippen LogP contribution in [0.1, 0.15) is 25.3 Å². The molecule has 17 heavy (non-hydrogen) atoms. The van der Waals surface area contributed by atoms with Crippen molar-refractivity contribution in [3.63, 3.8) is 0 Å². The molecule has 6 heteroatoms. The van der Waals surface area contributed by atoms with Crippen molar-refractivity contribution >= 4 is 10.4 Å². The molecule has 0 amide bonds. The summed E-state index contributed by atoms with van der Waals surface area (Å²) in [5, 5.41) is 0. The summed E-state index contributed by atoms with van der Waals surface area (Å²) in [5.74, 6) is 0. The molecule has 1 N–H and O–H groups in total. The van der Waals surface area contributed by atoms with E-state index < -0.39 is 10.4 Å². The van der Waals surface area contributed by atoms with Crippen molar-refractivity contribution in [3.8, 4) is 0 Å². The minimum absolute atomic E-state index is 0.870. The quantitative estimate of drug-likeness (QED) is 0.660. The van der Waals surface area contributed by atoms with Gasteiger partial charge in [0, 0.05) is 18.1 Å². The molecule has 1 aromatic heterocycles. The second-order valence-corrected chi connectivity index (χ2v) is 4.76. The molecule has 1 heterocycles. The molecule has 0 bridgehead atoms. The fraction of sp³-hybridized carbons (Fsp3) is 0.545. The lowest BCUT2D eigenvalue weighted by Crippen LogP contribution is -2.32. The first-order chi connectivity index (χ1) is 7.89. The van der Waals surface area contributed by atoms with Crippen LogP contribution in [0.5, 0.6) is 0 Å². The molecular weight excluding hydrogens is 242 g/mol. The van der Waals surface area contributed by atoms with Crippen molar-refractivity contribution in [1.82, 2.24) is 0 Å². The van der Waals surface area contributed by atoms with E-state index in [0.29, 0.717) is 0 Å². The fourth-order valence-corrected chi connectivity index (χ4v) is 1.13. The minimum atomic E-state index is -4.16. The summed E-state index contributed by atoms with van der Waals surface area (Å²) in [7, 11) is -3.29. The first kappa shape index (κ1) is 16.0. The highest BCUT2D eigenvalue weighted by Gasteiger charge is 1.97. The maximum absolute atomic E-state index is 9.33. The van der Waals surface area contributed by atoms with E-state index in [1.54, 1.807) is 0 Å². The van der Waals surface area contributed by atoms with Gasteiger partial charge in [-0.15, -0.1) is 0 Å². The largest absolute Gasteiger partial charge is 0.397 e. The van der Waals surface area contributed by atoms with Crippen molar-refractivity contribution in [3.05, 3.63) is 30.1 Å². The first-order valence-electron chi connectivity index (χ1n) is 5.37. The van der Waals surface area contributed by atoms with Gasteiger partial charge >= 0.3 is 10.4 Å². The number of hydrogen-bond donors (Lipinski definition) is 1. The van der Waals surface area contributed by atoms with Gasteiger partial charge in [0.1, 0.15) is 6.54 Å². The third kappa shape index (κ3) is 9.92. The molecule has 0 saturated heterocycles. The number of aromatic nitrogens is 1. The van der Waals surface area contributed by atoms with Gasteiger partial charge in [-0.3, -0.25) is 8.74 Å². The molecule has 0 aliphatic carbocycles. The van der Waals surface area contributed by atoms with Gasteiger partial charge in [-0.25, -0.2) is 4.57 Å². The number of unbranched alkanes of at least 4 members (excludes halogenated alkanes) is 1. The molecule has 0 aliphatic rings. The molecule has 1 rings (SSSR count). The van der Waals surface area contributed by atoms with Gasteiger partial charge in [0.25, 0.3) is 0 Å². The van der Waals surface area contributed by atoms with Crippen LogP contribution >= 0.6 is 0 Å². The Balaban J connectivity index is 0.000000366. The lowest BCUT2D eigenvalue weighted by molar-refractivity contribution is -0.697. The maximum atomic E-state index is 9.33. The highest BCUT2D eigenvalue weighted by atomic mass is 32.3. The van der Waals surface area contributed by atoms with E-state index in [1.165, 1.54) is 18.4 Å². The highest BCUT2D eigenvalue weighted by molar-refractivity contribution is 7.80. The summed E-state index contributed by atoms with van der Waals surface area (Å²) >= 11 is 0. The number of aryl methyl sites for hydroxylation is 2. The SMILES string of the molecule is CCCC[n+]1cccc(C)c1.COS(=O)(=O)O. The predicted molar refractivity (Wildman–Crippen MR) is 64.8 cm³/mol. The fourth-order valence-electron chi connectivity index (χ4n) is 1.13. The van der Waals surface area contributed by atoms with Crippen molar-refractivity contribution in [2.45, 2.75) is 33.2 Å². The van der Waals surface area contributed by atoms with E-state index in [2.05, 4.69) is 47.1 Å². The Labute approximate surface area is 103 Å². The van der Waals surface area contributed by atoms with E-state index >= 15 is 0 Å². The van der Waals surface area contributed by atoms with E-state index in [4.69, 9.17) is 4.55 Å². The molecule has 0 aromatic carbocycles. The van der Waals surface area contributed by atoms with Crippen LogP contribution in [0.4, 0.5) is 0 Å². The molecule has 5 nitrogen and oxygen atoms in total. The molecule has 0 spiro atoms. The Kier molecular flexibility index (Phi) is 7.69. The van der Waals surface area contributed by atoms with E-state index in [-0.39, 0.29) is 0 Å². The smallest absolute Gasteiger partial charge is 0.264 e. The third-order valence-electron chi connectivity index (χ3n) is 1.99. The lowest BCUT2D eigenvalue weighted by atomic mass is 10.3. The second-order valence-electron chi connectivity index (χ2n) is 3.57. The van der Waals surface area contributed by atoms with Crippen LogP contribution in [0.3, 0.4) is 0 Å². The monoisotopic (exact) mass is 262 g/mol. The van der Waals surface area contributed by atoms with E-state index in [0.717, 1.165) is 13.7 Å². The van der Waals surface area contributed by atoms with Gasteiger partial charge < -0.3 is 0 Å². The summed E-state index contributed by atoms with van der Waals surface area (Å²) < 4.78 is 32.0. The third-order valence-corrected chi connectivity index (χ3v) is 2.41. The van der Waals surface area contributed by atoms with E-state index in [9.17, 15) is 8.42 Å². The number of rotatable bonds is 4. The van der Waals surface area contributed by atoms with Crippen LogP contribution in [0, 0.1) is 6.92 Å². The number of nitrogens with zero attached hydrogens (tertiary/aromatic N) is 1. The average Bonchev–Trinajstić information content (AvgIpc) is 2.26. The Morgan fingerprint density at radius 1 is 1.47 bits per heavy atom. The predicted octanol–water partition coefficient (Wildman–Crippen LogP) is 1.52. The maximum Gasteiger partial charge on any atom is 0.397 e. The Hall–Kier alpha value is -0.980. The van der Waals surface area contributed by atoms with E-state index in [1.807, 2.05) is 0 Å². The zero-order valence-electron chi connectivity index (χ0n) is 10.5. The zero-order valence-corrected chi connectivity index (χ0v) is 11.3. The van der Waals surface area contributed by atoms with Crippen LogP contribution in [0.2, 0.25) is 0 Å². The Morgan fingerprint density at radius 2 is 2.06 bits per heavy atom. The minimum Gasteiger partial charge on any atom is -0.264 e. The number of hydrogen-bond acceptors (Lipinski definition) is 3. The average molecular weight is 262 g/mol. The molecule has 98 valence electrons. The molecule has 0 radical (unpaired) electrons. The van der Waals surface area contributed by atoms with Gasteiger partial charge in [-0.1, -0.05) is 13.3 Å². The summed E-state index contributed by atoms with van der Waals surface area (Å²) in [4.78, 5) is 0. The lowest BCUT2D eigenvalue weighted by Gasteiger charge is -1.94. The van der Waals surface area contributed by atoms with Crippen molar-refractivity contribution in [2.75, 3.05) is 7.11 Å². The summed E-state index contributed by atoms with van der Waals surface area (Å²) in [6.07, 6.45) is 6.85. The molecule has 1 aromatic rings. The standard InChI is InChI=1S/C10H16N.CH4O4S/c1-3-4-7-11-8-5-6-10(2)9-11;1-5-6(2,3)4/h5-6,8-9H,3-4,7H2,1-2H3;1H3,(H,2,3,4)/q+1;. The molecule has 0 unspecified atom stereocenters. The van der Waals surface area contributed by atoms with Gasteiger partial charge in [0.05, 0.1) is 7.11 Å². The second kappa shape index (κ2) is 8.16. The van der Waals surface area contributed by atoms with Gasteiger partial charge in [-0.05, 0) is 13.0 Å². The van der Waals surface area contributed by atoms with Gasteiger partial charge in [-0.2, -0.15) is 8.42 Å². The molecule has 0 aliphatic heterocycles. The van der Waals surface area contributed by atoms with Gasteiger partial charge in [0.15, 0.2) is 12.4 Å². The molecule has 0 fully saturated rings. The summed E-state index contributed by atoms with van der Waals surface area (Å²) in [5.41, 5.74) is 1.34. The van der Waals surface area contributed by atoms with Crippen LogP contribution in [0.15, 0.2) is 24.5 Å². The van der Waals surface area contributed by atoms with Crippen molar-refractivity contribution in [2.24, 2.45) is 0 Å². The summed E-state index contributed by atoms with van der Waals surface area (Å²) in [6, 6.07) is 4.23. The van der Waals surface area contributed by atoms with Crippen LogP contribution < -0.4 is 4.57 Å². The molecule has 0 atom stereocenters. The van der Waals surface area contributed by atoms with Crippen molar-refractivity contribution in [1.29, 1.82) is 0 Å². The van der Waals surface area contributed by atoms with Crippen LogP contribution in [-0.2, 0) is 21.1 Å². The Morgan fingerprint density at radius 3 is 2.47 bits per heavy atom. The zero-order chi connectivity index (χ0) is 13.3. The highest BCUT2D eigenvalue weighted by Crippen LogP contribution is 1.91. The molecule has 0 saturated carbocycles. The van der Waals surface area contributed by atoms with Crippen LogP contribution in [0.25, 0.3) is 0 Å². The summed E-state index contributed by atoms with van der Waals surface area (Å²) in [6.45, 7) is 5.50.